The summed E-state index contributed by atoms with van der Waals surface area (Å²) in [7, 11) is -3.07. The fourth-order valence-electron chi connectivity index (χ4n) is 4.29. The number of carbonyl (C=O) groups is 3. The summed E-state index contributed by atoms with van der Waals surface area (Å²) >= 11 is 1.28. The number of hydrogen-bond acceptors (Lipinski definition) is 7. The molecular formula is C24H23NO6S2. The molecule has 1 aliphatic heterocycles. The average Bonchev–Trinajstić information content (AvgIpc) is 3.51. The molecule has 2 aromatic heterocycles. The van der Waals surface area contributed by atoms with Gasteiger partial charge >= 0.3 is 5.97 Å². The zero-order chi connectivity index (χ0) is 23.8. The van der Waals surface area contributed by atoms with E-state index in [0.29, 0.717) is 22.6 Å². The Hall–Kier alpha value is -3.04. The Morgan fingerprint density at radius 1 is 1.06 bits per heavy atom. The summed E-state index contributed by atoms with van der Waals surface area (Å²) in [6.07, 6.45) is 0.510. The molecule has 0 aliphatic carbocycles. The molecule has 1 saturated heterocycles. The molecule has 172 valence electrons. The first-order chi connectivity index (χ1) is 15.7. The largest absolute Gasteiger partial charge is 0.454 e. The third-order valence-corrected chi connectivity index (χ3v) is 8.45. The van der Waals surface area contributed by atoms with Crippen LogP contribution in [0.2, 0.25) is 0 Å². The number of aryl methyl sites for hydroxylation is 1. The van der Waals surface area contributed by atoms with Crippen LogP contribution in [0.5, 0.6) is 0 Å². The Kier molecular flexibility index (Phi) is 6.36. The third kappa shape index (κ3) is 4.69. The molecule has 7 nitrogen and oxygen atoms in total. The highest BCUT2D eigenvalue weighted by Gasteiger charge is 2.32. The van der Waals surface area contributed by atoms with E-state index in [-0.39, 0.29) is 40.2 Å². The van der Waals surface area contributed by atoms with Crippen molar-refractivity contribution in [2.24, 2.45) is 0 Å². The van der Waals surface area contributed by atoms with Gasteiger partial charge in [0.25, 0.3) is 0 Å². The molecule has 1 atom stereocenters. The summed E-state index contributed by atoms with van der Waals surface area (Å²) < 4.78 is 30.9. The van der Waals surface area contributed by atoms with Crippen LogP contribution in [0.15, 0.2) is 47.8 Å². The van der Waals surface area contributed by atoms with Crippen molar-refractivity contribution in [1.82, 2.24) is 4.57 Å². The molecule has 1 fully saturated rings. The highest BCUT2D eigenvalue weighted by molar-refractivity contribution is 7.91. The van der Waals surface area contributed by atoms with Crippen LogP contribution in [-0.4, -0.2) is 48.6 Å². The standard InChI is InChI=1S/C24H23NO6S2/c1-15-12-20(16(2)25(15)17-9-11-33(29,30)14-17)21(26)13-31-24(28)19-7-4-3-6-18(19)23(27)22-8-5-10-32-22/h3-8,10,12,17H,9,11,13-14H2,1-2H3. The zero-order valence-electron chi connectivity index (χ0n) is 18.2. The van der Waals surface area contributed by atoms with Gasteiger partial charge in [0.2, 0.25) is 11.6 Å². The molecule has 0 saturated carbocycles. The first-order valence-corrected chi connectivity index (χ1v) is 13.1. The predicted molar refractivity (Wildman–Crippen MR) is 125 cm³/mol. The van der Waals surface area contributed by atoms with E-state index in [9.17, 15) is 22.8 Å². The predicted octanol–water partition coefficient (Wildman–Crippen LogP) is 3.80. The maximum atomic E-state index is 12.8. The van der Waals surface area contributed by atoms with Gasteiger partial charge in [-0.1, -0.05) is 24.3 Å². The van der Waals surface area contributed by atoms with Gasteiger partial charge in [0.05, 0.1) is 21.9 Å². The summed E-state index contributed by atoms with van der Waals surface area (Å²) in [5.41, 5.74) is 2.16. The second-order valence-corrected chi connectivity index (χ2v) is 11.2. The van der Waals surface area contributed by atoms with E-state index < -0.39 is 22.4 Å². The SMILES string of the molecule is Cc1cc(C(=O)COC(=O)c2ccccc2C(=O)c2cccs2)c(C)n1C1CCS(=O)(=O)C1. The number of ether oxygens (including phenoxy) is 1. The van der Waals surface area contributed by atoms with Crippen LogP contribution in [-0.2, 0) is 14.6 Å². The van der Waals surface area contributed by atoms with Gasteiger partial charge in [0.1, 0.15) is 0 Å². The minimum absolute atomic E-state index is 0.0566. The van der Waals surface area contributed by atoms with Gasteiger partial charge in [0, 0.05) is 28.6 Å². The van der Waals surface area contributed by atoms with Crippen LogP contribution in [0.25, 0.3) is 0 Å². The van der Waals surface area contributed by atoms with Crippen molar-refractivity contribution in [3.05, 3.63) is 80.8 Å². The number of hydrogen-bond donors (Lipinski definition) is 0. The molecule has 4 rings (SSSR count). The van der Waals surface area contributed by atoms with Crippen molar-refractivity contribution in [2.75, 3.05) is 18.1 Å². The maximum Gasteiger partial charge on any atom is 0.339 e. The molecule has 0 amide bonds. The topological polar surface area (TPSA) is 99.5 Å². The number of ketones is 2. The first kappa shape index (κ1) is 23.1. The molecule has 1 unspecified atom stereocenters. The molecular weight excluding hydrogens is 462 g/mol. The molecule has 9 heteroatoms. The van der Waals surface area contributed by atoms with Crippen LogP contribution in [0.1, 0.15) is 59.8 Å². The van der Waals surface area contributed by atoms with Gasteiger partial charge in [0.15, 0.2) is 16.4 Å². The van der Waals surface area contributed by atoms with Crippen molar-refractivity contribution in [3.63, 3.8) is 0 Å². The molecule has 0 spiro atoms. The number of carbonyl (C=O) groups excluding carboxylic acids is 3. The van der Waals surface area contributed by atoms with E-state index in [0.717, 1.165) is 5.69 Å². The van der Waals surface area contributed by atoms with Crippen LogP contribution in [0, 0.1) is 13.8 Å². The lowest BCUT2D eigenvalue weighted by Gasteiger charge is -2.16. The fourth-order valence-corrected chi connectivity index (χ4v) is 6.66. The second-order valence-electron chi connectivity index (χ2n) is 8.06. The van der Waals surface area contributed by atoms with Crippen molar-refractivity contribution in [3.8, 4) is 0 Å². The number of Topliss-reactive ketones (excluding diaryl/α,β-unsaturated/α-hetero) is 1. The highest BCUT2D eigenvalue weighted by Crippen LogP contribution is 2.29. The summed E-state index contributed by atoms with van der Waals surface area (Å²) in [6.45, 7) is 3.11. The summed E-state index contributed by atoms with van der Waals surface area (Å²) in [5, 5.41) is 1.78. The quantitative estimate of drug-likeness (QED) is 0.373. The van der Waals surface area contributed by atoms with Gasteiger partial charge in [-0.3, -0.25) is 9.59 Å². The van der Waals surface area contributed by atoms with E-state index in [1.165, 1.54) is 17.4 Å². The Morgan fingerprint density at radius 3 is 2.42 bits per heavy atom. The number of benzene rings is 1. The van der Waals surface area contributed by atoms with Crippen molar-refractivity contribution < 1.29 is 27.5 Å². The Bertz CT molecular complexity index is 1340. The molecule has 0 radical (unpaired) electrons. The van der Waals surface area contributed by atoms with E-state index >= 15 is 0 Å². The van der Waals surface area contributed by atoms with Crippen molar-refractivity contribution in [1.29, 1.82) is 0 Å². The monoisotopic (exact) mass is 485 g/mol. The number of rotatable bonds is 7. The molecule has 0 N–H and O–H groups in total. The molecule has 0 bridgehead atoms. The van der Waals surface area contributed by atoms with Crippen molar-refractivity contribution in [2.45, 2.75) is 26.3 Å². The lowest BCUT2D eigenvalue weighted by molar-refractivity contribution is 0.0472. The Balaban J connectivity index is 1.49. The minimum atomic E-state index is -3.07. The third-order valence-electron chi connectivity index (χ3n) is 5.83. The van der Waals surface area contributed by atoms with Crippen LogP contribution in [0.4, 0.5) is 0 Å². The number of nitrogens with zero attached hydrogens (tertiary/aromatic N) is 1. The van der Waals surface area contributed by atoms with Gasteiger partial charge in [-0.05, 0) is 43.8 Å². The number of esters is 1. The van der Waals surface area contributed by atoms with Crippen LogP contribution < -0.4 is 0 Å². The van der Waals surface area contributed by atoms with Gasteiger partial charge < -0.3 is 9.30 Å². The minimum Gasteiger partial charge on any atom is -0.454 e. The van der Waals surface area contributed by atoms with E-state index in [1.807, 2.05) is 11.5 Å². The average molecular weight is 486 g/mol. The van der Waals surface area contributed by atoms with E-state index in [4.69, 9.17) is 4.74 Å². The molecule has 1 aromatic carbocycles. The fraction of sp³-hybridized carbons (Fsp3) is 0.292. The van der Waals surface area contributed by atoms with E-state index in [2.05, 4.69) is 0 Å². The van der Waals surface area contributed by atoms with Gasteiger partial charge in [-0.15, -0.1) is 11.3 Å². The molecule has 33 heavy (non-hydrogen) atoms. The number of aromatic nitrogens is 1. The summed E-state index contributed by atoms with van der Waals surface area (Å²) in [5.74, 6) is -1.22. The summed E-state index contributed by atoms with van der Waals surface area (Å²) in [4.78, 5) is 38.8. The normalized spacial score (nSPS) is 17.1. The summed E-state index contributed by atoms with van der Waals surface area (Å²) in [6, 6.07) is 11.3. The van der Waals surface area contributed by atoms with Gasteiger partial charge in [-0.25, -0.2) is 13.2 Å². The molecule has 3 heterocycles. The molecule has 1 aliphatic rings. The maximum absolute atomic E-state index is 12.8. The van der Waals surface area contributed by atoms with Crippen LogP contribution in [0.3, 0.4) is 0 Å². The van der Waals surface area contributed by atoms with Crippen LogP contribution >= 0.6 is 11.3 Å². The van der Waals surface area contributed by atoms with Gasteiger partial charge in [-0.2, -0.15) is 0 Å². The number of sulfone groups is 1. The van der Waals surface area contributed by atoms with E-state index in [1.54, 1.807) is 48.7 Å². The lowest BCUT2D eigenvalue weighted by atomic mass is 10.0. The Labute approximate surface area is 195 Å². The second kappa shape index (κ2) is 9.07. The number of thiophene rings is 1. The highest BCUT2D eigenvalue weighted by atomic mass is 32.2. The smallest absolute Gasteiger partial charge is 0.339 e. The Morgan fingerprint density at radius 2 is 1.79 bits per heavy atom. The zero-order valence-corrected chi connectivity index (χ0v) is 19.9. The first-order valence-electron chi connectivity index (χ1n) is 10.4. The van der Waals surface area contributed by atoms with Crippen molar-refractivity contribution >= 4 is 38.7 Å². The lowest BCUT2D eigenvalue weighted by Crippen LogP contribution is -2.18. The molecule has 3 aromatic rings.